The molecule has 2 nitrogen and oxygen atoms in total. The first-order valence-electron chi connectivity index (χ1n) is 3.03. The summed E-state index contributed by atoms with van der Waals surface area (Å²) in [6, 6.07) is 0. The maximum Gasteiger partial charge on any atom is 0.145 e. The van der Waals surface area contributed by atoms with Gasteiger partial charge in [-0.05, 0) is 12.8 Å². The third kappa shape index (κ3) is 4.16. The zero-order chi connectivity index (χ0) is 6.69. The molecule has 1 aliphatic rings. The van der Waals surface area contributed by atoms with Crippen LogP contribution >= 0.6 is 24.8 Å². The second-order valence-corrected chi connectivity index (χ2v) is 3.27. The van der Waals surface area contributed by atoms with E-state index in [1.807, 2.05) is 0 Å². The van der Waals surface area contributed by atoms with Gasteiger partial charge in [-0.15, -0.1) is 12.6 Å². The van der Waals surface area contributed by atoms with Gasteiger partial charge < -0.3 is 5.43 Å². The molecule has 53 valence electrons. The van der Waals surface area contributed by atoms with Crippen LogP contribution < -0.4 is 5.43 Å². The molecule has 0 aromatic heterocycles. The minimum Gasteiger partial charge on any atom is -0.304 e. The second-order valence-electron chi connectivity index (χ2n) is 2.11. The van der Waals surface area contributed by atoms with E-state index in [0.29, 0.717) is 4.32 Å². The van der Waals surface area contributed by atoms with E-state index in [4.69, 9.17) is 12.2 Å². The number of hydrogen-bond acceptors (Lipinski definition) is 2. The molecule has 0 aliphatic carbocycles. The topological polar surface area (TPSA) is 15.3 Å². The summed E-state index contributed by atoms with van der Waals surface area (Å²) in [6.07, 6.45) is 2.53. The van der Waals surface area contributed by atoms with Gasteiger partial charge in [0.25, 0.3) is 0 Å². The standard InChI is InChI=1S/C5H10N2S2.Na/c8-5(9)6-7-3-1-2-4-7;/h1-4H2,(H2,6,8,9);. The van der Waals surface area contributed by atoms with Crippen molar-refractivity contribution in [3.63, 3.8) is 0 Å². The molecule has 1 heterocycles. The normalized spacial score (nSPS) is 18.1. The fraction of sp³-hybridized carbons (Fsp3) is 0.800. The minimum atomic E-state index is 0. The van der Waals surface area contributed by atoms with Crippen molar-refractivity contribution in [3.05, 3.63) is 0 Å². The van der Waals surface area contributed by atoms with Gasteiger partial charge in [-0.1, -0.05) is 12.2 Å². The van der Waals surface area contributed by atoms with Crippen molar-refractivity contribution in [1.29, 1.82) is 0 Å². The first-order valence-corrected chi connectivity index (χ1v) is 3.89. The van der Waals surface area contributed by atoms with Gasteiger partial charge in [0.05, 0.1) is 0 Å². The van der Waals surface area contributed by atoms with Crippen molar-refractivity contribution in [3.8, 4) is 0 Å². The molecule has 0 aromatic carbocycles. The van der Waals surface area contributed by atoms with Gasteiger partial charge in [0.15, 0.2) is 0 Å². The molecule has 0 aromatic rings. The Morgan fingerprint density at radius 3 is 2.30 bits per heavy atom. The van der Waals surface area contributed by atoms with Gasteiger partial charge in [0, 0.05) is 42.6 Å². The summed E-state index contributed by atoms with van der Waals surface area (Å²) in [5.41, 5.74) is 2.97. The van der Waals surface area contributed by atoms with E-state index >= 15 is 0 Å². The van der Waals surface area contributed by atoms with E-state index in [1.54, 1.807) is 0 Å². The molecule has 1 aliphatic heterocycles. The Balaban J connectivity index is 0.000000810. The van der Waals surface area contributed by atoms with Crippen LogP contribution in [0.5, 0.6) is 0 Å². The Morgan fingerprint density at radius 2 is 1.90 bits per heavy atom. The molecule has 1 saturated heterocycles. The molecule has 1 fully saturated rings. The minimum absolute atomic E-state index is 0. The van der Waals surface area contributed by atoms with Gasteiger partial charge >= 0.3 is 0 Å². The number of nitrogens with zero attached hydrogens (tertiary/aromatic N) is 1. The smallest absolute Gasteiger partial charge is 0.145 e. The van der Waals surface area contributed by atoms with Crippen LogP contribution in [0.15, 0.2) is 0 Å². The summed E-state index contributed by atoms with van der Waals surface area (Å²) in [6.45, 7) is 2.20. The van der Waals surface area contributed by atoms with Gasteiger partial charge in [-0.25, -0.2) is 5.01 Å². The molecular weight excluding hydrogens is 175 g/mol. The van der Waals surface area contributed by atoms with Gasteiger partial charge in [-0.3, -0.25) is 0 Å². The van der Waals surface area contributed by atoms with Crippen molar-refractivity contribution in [1.82, 2.24) is 10.4 Å². The first kappa shape index (κ1) is 11.2. The third-order valence-electron chi connectivity index (χ3n) is 1.36. The molecule has 10 heavy (non-hydrogen) atoms. The van der Waals surface area contributed by atoms with E-state index in [2.05, 4.69) is 23.1 Å². The summed E-state index contributed by atoms with van der Waals surface area (Å²) in [4.78, 5) is 0. The Hall–Kier alpha value is 1.20. The molecule has 1 rings (SSSR count). The number of hydrazine groups is 1. The predicted octanol–water partition coefficient (Wildman–Crippen LogP) is 0.421. The largest absolute Gasteiger partial charge is 0.304 e. The van der Waals surface area contributed by atoms with Gasteiger partial charge in [-0.2, -0.15) is 0 Å². The number of thiol groups is 1. The summed E-state index contributed by atoms with van der Waals surface area (Å²) in [5.74, 6) is 0. The van der Waals surface area contributed by atoms with Gasteiger partial charge in [0.1, 0.15) is 4.32 Å². The molecule has 1 N–H and O–H groups in total. The Labute approximate surface area is 94.4 Å². The van der Waals surface area contributed by atoms with Crippen LogP contribution in [-0.4, -0.2) is 52.0 Å². The molecule has 0 atom stereocenters. The van der Waals surface area contributed by atoms with Crippen molar-refractivity contribution in [2.24, 2.45) is 0 Å². The summed E-state index contributed by atoms with van der Waals surface area (Å²) in [5, 5.41) is 2.09. The van der Waals surface area contributed by atoms with Crippen molar-refractivity contribution in [2.75, 3.05) is 13.1 Å². The zero-order valence-electron chi connectivity index (χ0n) is 6.13. The molecule has 0 bridgehead atoms. The third-order valence-corrected chi connectivity index (χ3v) is 1.55. The second kappa shape index (κ2) is 5.80. The van der Waals surface area contributed by atoms with Crippen molar-refractivity contribution in [2.45, 2.75) is 12.8 Å². The molecular formula is C5H10N2NaS2. The van der Waals surface area contributed by atoms with Crippen LogP contribution in [0.2, 0.25) is 0 Å². The molecule has 1 radical (unpaired) electrons. The number of hydrogen-bond donors (Lipinski definition) is 2. The maximum absolute atomic E-state index is 4.74. The van der Waals surface area contributed by atoms with Crippen LogP contribution in [0.4, 0.5) is 0 Å². The molecule has 0 saturated carbocycles. The van der Waals surface area contributed by atoms with E-state index in [0.717, 1.165) is 13.1 Å². The van der Waals surface area contributed by atoms with Crippen LogP contribution in [-0.2, 0) is 0 Å². The first-order chi connectivity index (χ1) is 4.29. The fourth-order valence-corrected chi connectivity index (χ4v) is 1.23. The number of thiocarbonyl (C=S) groups is 1. The quantitative estimate of drug-likeness (QED) is 0.350. The SMILES string of the molecule is S=C(S)NN1CCCC1.[Na]. The molecule has 0 amide bonds. The monoisotopic (exact) mass is 185 g/mol. The van der Waals surface area contributed by atoms with Crippen molar-refractivity contribution >= 4 is 58.7 Å². The maximum atomic E-state index is 4.74. The number of rotatable bonds is 1. The average Bonchev–Trinajstić information content (AvgIpc) is 2.15. The molecule has 5 heteroatoms. The molecule has 0 spiro atoms. The Bertz CT molecular complexity index is 114. The summed E-state index contributed by atoms with van der Waals surface area (Å²) < 4.78 is 0.567. The molecule has 0 unspecified atom stereocenters. The van der Waals surface area contributed by atoms with E-state index in [-0.39, 0.29) is 29.6 Å². The van der Waals surface area contributed by atoms with Crippen molar-refractivity contribution < 1.29 is 0 Å². The van der Waals surface area contributed by atoms with Crippen LogP contribution in [0.1, 0.15) is 12.8 Å². The zero-order valence-corrected chi connectivity index (χ0v) is 9.84. The Morgan fingerprint density at radius 1 is 1.40 bits per heavy atom. The average molecular weight is 185 g/mol. The fourth-order valence-electron chi connectivity index (χ4n) is 0.964. The number of nitrogens with one attached hydrogen (secondary N) is 1. The van der Waals surface area contributed by atoms with Gasteiger partial charge in [0.2, 0.25) is 0 Å². The summed E-state index contributed by atoms with van der Waals surface area (Å²) in [7, 11) is 0. The van der Waals surface area contributed by atoms with E-state index in [9.17, 15) is 0 Å². The van der Waals surface area contributed by atoms with Crippen LogP contribution in [0.3, 0.4) is 0 Å². The summed E-state index contributed by atoms with van der Waals surface area (Å²) >= 11 is 8.70. The van der Waals surface area contributed by atoms with E-state index < -0.39 is 0 Å². The van der Waals surface area contributed by atoms with Crippen LogP contribution in [0.25, 0.3) is 0 Å². The Kier molecular flexibility index (Phi) is 6.50. The van der Waals surface area contributed by atoms with Crippen LogP contribution in [0, 0.1) is 0 Å². The van der Waals surface area contributed by atoms with E-state index in [1.165, 1.54) is 12.8 Å². The predicted molar refractivity (Wildman–Crippen MR) is 51.3 cm³/mol.